The van der Waals surface area contributed by atoms with Crippen molar-refractivity contribution >= 4 is 23.5 Å². The van der Waals surface area contributed by atoms with Crippen molar-refractivity contribution in [3.63, 3.8) is 0 Å². The smallest absolute Gasteiger partial charge is 0.410 e. The molecule has 3 rings (SSSR count). The van der Waals surface area contributed by atoms with E-state index in [4.69, 9.17) is 16.3 Å². The Balaban J connectivity index is 1.57. The number of carbonyl (C=O) groups is 1. The number of rotatable bonds is 1. The molecule has 0 atom stereocenters. The molecule has 1 aromatic rings. The van der Waals surface area contributed by atoms with Gasteiger partial charge < -0.3 is 14.5 Å². The number of hydrogen-bond donors (Lipinski definition) is 0. The fraction of sp³-hybridized carbons (Fsp3) is 0.706. The highest BCUT2D eigenvalue weighted by Crippen LogP contribution is 2.41. The summed E-state index contributed by atoms with van der Waals surface area (Å²) in [4.78, 5) is 24.8. The van der Waals surface area contributed by atoms with E-state index in [1.807, 2.05) is 25.7 Å². The maximum atomic E-state index is 12.3. The predicted octanol–water partition coefficient (Wildman–Crippen LogP) is 3.36. The van der Waals surface area contributed by atoms with Crippen LogP contribution >= 0.6 is 11.6 Å². The number of likely N-dealkylation sites (tertiary alicyclic amines) is 1. The molecule has 2 aliphatic rings. The first-order valence-corrected chi connectivity index (χ1v) is 8.85. The van der Waals surface area contributed by atoms with Gasteiger partial charge in [-0.15, -0.1) is 0 Å². The minimum absolute atomic E-state index is 0.192. The summed E-state index contributed by atoms with van der Waals surface area (Å²) in [5.74, 6) is 0.833. The number of carbonyl (C=O) groups excluding carboxylic acids is 1. The number of ether oxygens (including phenoxy) is 1. The normalized spacial score (nSPS) is 20.5. The summed E-state index contributed by atoms with van der Waals surface area (Å²) >= 11 is 5.93. The van der Waals surface area contributed by atoms with Gasteiger partial charge in [-0.25, -0.2) is 9.78 Å². The Hall–Kier alpha value is -1.56. The summed E-state index contributed by atoms with van der Waals surface area (Å²) < 4.78 is 5.50. The van der Waals surface area contributed by atoms with Gasteiger partial charge in [-0.2, -0.15) is 0 Å². The van der Waals surface area contributed by atoms with E-state index in [0.29, 0.717) is 5.15 Å². The molecule has 6 nitrogen and oxygen atoms in total. The molecule has 0 unspecified atom stereocenters. The molecule has 1 amide bonds. The molecule has 1 aromatic heterocycles. The second-order valence-electron chi connectivity index (χ2n) is 7.84. The monoisotopic (exact) mass is 352 g/mol. The fourth-order valence-electron chi connectivity index (χ4n) is 3.52. The fourth-order valence-corrected chi connectivity index (χ4v) is 3.66. The molecule has 1 spiro atoms. The van der Waals surface area contributed by atoms with Crippen LogP contribution in [0.3, 0.4) is 0 Å². The molecule has 132 valence electrons. The van der Waals surface area contributed by atoms with E-state index in [1.54, 1.807) is 12.4 Å². The molecule has 0 saturated carbocycles. The predicted molar refractivity (Wildman–Crippen MR) is 93.3 cm³/mol. The highest BCUT2D eigenvalue weighted by Gasteiger charge is 2.43. The first-order chi connectivity index (χ1) is 11.3. The van der Waals surface area contributed by atoms with Gasteiger partial charge in [-0.3, -0.25) is 4.98 Å². The molecule has 2 saturated heterocycles. The van der Waals surface area contributed by atoms with Crippen LogP contribution in [0.25, 0.3) is 0 Å². The van der Waals surface area contributed by atoms with E-state index >= 15 is 0 Å². The first-order valence-electron chi connectivity index (χ1n) is 8.47. The topological polar surface area (TPSA) is 58.6 Å². The van der Waals surface area contributed by atoms with Crippen LogP contribution in [-0.4, -0.2) is 52.7 Å². The van der Waals surface area contributed by atoms with Crippen LogP contribution in [-0.2, 0) is 4.74 Å². The van der Waals surface area contributed by atoms with Crippen LogP contribution in [0, 0.1) is 5.41 Å². The van der Waals surface area contributed by atoms with Crippen LogP contribution < -0.4 is 4.90 Å². The largest absolute Gasteiger partial charge is 0.444 e. The zero-order valence-electron chi connectivity index (χ0n) is 14.6. The van der Waals surface area contributed by atoms with Gasteiger partial charge in [0.15, 0.2) is 0 Å². The average molecular weight is 353 g/mol. The number of nitrogens with zero attached hydrogens (tertiary/aromatic N) is 4. The van der Waals surface area contributed by atoms with Crippen LogP contribution in [0.1, 0.15) is 40.0 Å². The maximum absolute atomic E-state index is 12.3. The number of amides is 1. The molecule has 2 aliphatic heterocycles. The summed E-state index contributed by atoms with van der Waals surface area (Å²) in [5, 5.41) is 0.421. The van der Waals surface area contributed by atoms with E-state index in [0.717, 1.165) is 51.3 Å². The third-order valence-corrected chi connectivity index (χ3v) is 5.01. The molecular formula is C17H25ClN4O2. The zero-order chi connectivity index (χ0) is 17.4. The zero-order valence-corrected chi connectivity index (χ0v) is 15.3. The van der Waals surface area contributed by atoms with Gasteiger partial charge in [0, 0.05) is 26.2 Å². The Morgan fingerprint density at radius 3 is 2.50 bits per heavy atom. The quantitative estimate of drug-likeness (QED) is 0.775. The molecule has 0 N–H and O–H groups in total. The molecule has 7 heteroatoms. The van der Waals surface area contributed by atoms with E-state index in [2.05, 4.69) is 14.9 Å². The third-order valence-electron chi connectivity index (χ3n) is 4.83. The number of piperidine rings is 1. The van der Waals surface area contributed by atoms with Gasteiger partial charge in [-0.1, -0.05) is 11.6 Å². The summed E-state index contributed by atoms with van der Waals surface area (Å²) in [7, 11) is 0. The van der Waals surface area contributed by atoms with Gasteiger partial charge in [0.25, 0.3) is 0 Å². The molecule has 0 aromatic carbocycles. The van der Waals surface area contributed by atoms with Crippen molar-refractivity contribution in [2.45, 2.75) is 45.6 Å². The summed E-state index contributed by atoms with van der Waals surface area (Å²) in [6, 6.07) is 0. The summed E-state index contributed by atoms with van der Waals surface area (Å²) in [5.41, 5.74) is -0.235. The van der Waals surface area contributed by atoms with Crippen LogP contribution in [0.15, 0.2) is 12.4 Å². The molecule has 3 heterocycles. The average Bonchev–Trinajstić information content (AvgIpc) is 2.90. The van der Waals surface area contributed by atoms with Crippen molar-refractivity contribution < 1.29 is 9.53 Å². The van der Waals surface area contributed by atoms with Crippen LogP contribution in [0.2, 0.25) is 5.15 Å². The van der Waals surface area contributed by atoms with Gasteiger partial charge in [0.05, 0.1) is 12.4 Å². The van der Waals surface area contributed by atoms with Crippen LogP contribution in [0.4, 0.5) is 10.6 Å². The Labute approximate surface area is 148 Å². The summed E-state index contributed by atoms with van der Waals surface area (Å²) in [6.07, 6.45) is 6.24. The molecule has 0 bridgehead atoms. The maximum Gasteiger partial charge on any atom is 0.410 e. The Morgan fingerprint density at radius 1 is 1.21 bits per heavy atom. The van der Waals surface area contributed by atoms with E-state index in [1.165, 1.54) is 0 Å². The second-order valence-corrected chi connectivity index (χ2v) is 8.23. The lowest BCUT2D eigenvalue weighted by molar-refractivity contribution is 0.0266. The third kappa shape index (κ3) is 3.91. The number of halogens is 1. The molecule has 2 fully saturated rings. The minimum Gasteiger partial charge on any atom is -0.444 e. The Bertz CT molecular complexity index is 609. The van der Waals surface area contributed by atoms with Crippen molar-refractivity contribution in [3.8, 4) is 0 Å². The van der Waals surface area contributed by atoms with Crippen molar-refractivity contribution in [2.24, 2.45) is 5.41 Å². The van der Waals surface area contributed by atoms with Gasteiger partial charge in [0.2, 0.25) is 0 Å². The van der Waals surface area contributed by atoms with Gasteiger partial charge >= 0.3 is 6.09 Å². The minimum atomic E-state index is -0.443. The van der Waals surface area contributed by atoms with E-state index in [-0.39, 0.29) is 11.5 Å². The summed E-state index contributed by atoms with van der Waals surface area (Å²) in [6.45, 7) is 9.11. The van der Waals surface area contributed by atoms with Crippen molar-refractivity contribution in [1.82, 2.24) is 14.9 Å². The standard InChI is InChI=1S/C17H25ClN4O2/c1-16(2,3)24-15(23)22-9-6-17(12-22)4-7-21(8-5-17)14-11-19-10-13(18)20-14/h10-11H,4-9,12H2,1-3H3. The highest BCUT2D eigenvalue weighted by molar-refractivity contribution is 6.29. The lowest BCUT2D eigenvalue weighted by Gasteiger charge is -2.39. The number of hydrogen-bond acceptors (Lipinski definition) is 5. The van der Waals surface area contributed by atoms with Gasteiger partial charge in [0.1, 0.15) is 16.6 Å². The lowest BCUT2D eigenvalue weighted by Crippen LogP contribution is -2.43. The van der Waals surface area contributed by atoms with Crippen LogP contribution in [0.5, 0.6) is 0 Å². The van der Waals surface area contributed by atoms with Gasteiger partial charge in [-0.05, 0) is 45.4 Å². The Kier molecular flexibility index (Phi) is 4.60. The molecule has 0 aliphatic carbocycles. The molecule has 0 radical (unpaired) electrons. The Morgan fingerprint density at radius 2 is 1.88 bits per heavy atom. The van der Waals surface area contributed by atoms with E-state index < -0.39 is 5.60 Å². The molecule has 24 heavy (non-hydrogen) atoms. The van der Waals surface area contributed by atoms with E-state index in [9.17, 15) is 4.79 Å². The number of anilines is 1. The number of aromatic nitrogens is 2. The van der Waals surface area contributed by atoms with Crippen molar-refractivity contribution in [2.75, 3.05) is 31.1 Å². The SMILES string of the molecule is CC(C)(C)OC(=O)N1CCC2(CCN(c3cncc(Cl)n3)CC2)C1. The molecular weight excluding hydrogens is 328 g/mol. The van der Waals surface area contributed by atoms with Crippen molar-refractivity contribution in [3.05, 3.63) is 17.5 Å². The first kappa shape index (κ1) is 17.3. The van der Waals surface area contributed by atoms with Crippen molar-refractivity contribution in [1.29, 1.82) is 0 Å². The lowest BCUT2D eigenvalue weighted by atomic mass is 9.78. The highest BCUT2D eigenvalue weighted by atomic mass is 35.5. The second kappa shape index (κ2) is 6.39.